The predicted molar refractivity (Wildman–Crippen MR) is 106 cm³/mol. The Labute approximate surface area is 159 Å². The Hall–Kier alpha value is -2.60. The van der Waals surface area contributed by atoms with Gasteiger partial charge in [-0.3, -0.25) is 4.79 Å². The largest absolute Gasteiger partial charge is 0.507 e. The fourth-order valence-electron chi connectivity index (χ4n) is 3.40. The number of aromatic nitrogens is 1. The zero-order valence-corrected chi connectivity index (χ0v) is 15.6. The van der Waals surface area contributed by atoms with Crippen molar-refractivity contribution in [2.45, 2.75) is 25.7 Å². The second-order valence-corrected chi connectivity index (χ2v) is 7.37. The Morgan fingerprint density at radius 1 is 1.19 bits per heavy atom. The van der Waals surface area contributed by atoms with Crippen molar-refractivity contribution >= 4 is 39.0 Å². The van der Waals surface area contributed by atoms with Crippen molar-refractivity contribution in [2.24, 2.45) is 5.10 Å². The van der Waals surface area contributed by atoms with Gasteiger partial charge in [0.15, 0.2) is 0 Å². The van der Waals surface area contributed by atoms with E-state index in [1.54, 1.807) is 24.3 Å². The molecule has 0 fully saturated rings. The number of aromatic amines is 1. The van der Waals surface area contributed by atoms with Crippen LogP contribution in [-0.2, 0) is 12.8 Å². The summed E-state index contributed by atoms with van der Waals surface area (Å²) in [5.74, 6) is -0.171. The highest BCUT2D eigenvalue weighted by atomic mass is 79.9. The van der Waals surface area contributed by atoms with Gasteiger partial charge in [-0.1, -0.05) is 15.9 Å². The smallest absolute Gasteiger partial charge is 0.271 e. The van der Waals surface area contributed by atoms with Gasteiger partial charge >= 0.3 is 0 Å². The zero-order valence-electron chi connectivity index (χ0n) is 14.1. The topological polar surface area (TPSA) is 77.5 Å². The van der Waals surface area contributed by atoms with E-state index in [9.17, 15) is 9.90 Å². The average molecular weight is 412 g/mol. The number of phenolic OH excluding ortho intramolecular Hbond substituents is 1. The number of phenols is 1. The number of hydrogen-bond acceptors (Lipinski definition) is 3. The average Bonchev–Trinajstić information content (AvgIpc) is 3.02. The number of carbonyl (C=O) groups excluding carboxylic acids is 1. The van der Waals surface area contributed by atoms with Gasteiger partial charge in [0.2, 0.25) is 0 Å². The molecule has 3 aromatic rings. The molecule has 1 heterocycles. The molecule has 0 aliphatic heterocycles. The van der Waals surface area contributed by atoms with Crippen LogP contribution in [0.4, 0.5) is 0 Å². The second-order valence-electron chi connectivity index (χ2n) is 6.45. The van der Waals surface area contributed by atoms with E-state index >= 15 is 0 Å². The molecule has 0 bridgehead atoms. The maximum atomic E-state index is 12.4. The van der Waals surface area contributed by atoms with Crippen molar-refractivity contribution in [1.82, 2.24) is 10.4 Å². The Balaban J connectivity index is 1.54. The number of fused-ring (bicyclic) bond motifs is 3. The van der Waals surface area contributed by atoms with Crippen LogP contribution in [0.3, 0.4) is 0 Å². The summed E-state index contributed by atoms with van der Waals surface area (Å²) < 4.78 is 0.825. The zero-order chi connectivity index (χ0) is 18.1. The molecule has 0 spiro atoms. The van der Waals surface area contributed by atoms with E-state index in [0.29, 0.717) is 11.1 Å². The van der Waals surface area contributed by atoms with E-state index in [1.165, 1.54) is 30.3 Å². The molecule has 1 aromatic heterocycles. The SMILES string of the molecule is O=C(N/N=C\c1cc(Br)ccc1O)c1ccc2[nH]c3c(c2c1)CCCC3. The molecule has 0 atom stereocenters. The molecule has 26 heavy (non-hydrogen) atoms. The van der Waals surface area contributed by atoms with Gasteiger partial charge in [-0.2, -0.15) is 5.10 Å². The molecule has 3 N–H and O–H groups in total. The van der Waals surface area contributed by atoms with Crippen LogP contribution >= 0.6 is 15.9 Å². The molecule has 1 amide bonds. The molecule has 132 valence electrons. The summed E-state index contributed by atoms with van der Waals surface area (Å²) in [5, 5.41) is 14.9. The third kappa shape index (κ3) is 3.24. The van der Waals surface area contributed by atoms with Crippen molar-refractivity contribution in [3.63, 3.8) is 0 Å². The number of benzene rings is 2. The van der Waals surface area contributed by atoms with Crippen molar-refractivity contribution in [1.29, 1.82) is 0 Å². The molecule has 1 aliphatic rings. The molecule has 2 aromatic carbocycles. The maximum absolute atomic E-state index is 12.4. The summed E-state index contributed by atoms with van der Waals surface area (Å²) in [6, 6.07) is 10.7. The van der Waals surface area contributed by atoms with Crippen molar-refractivity contribution in [3.05, 3.63) is 63.3 Å². The summed E-state index contributed by atoms with van der Waals surface area (Å²) in [6.45, 7) is 0. The molecule has 0 saturated carbocycles. The minimum absolute atomic E-state index is 0.103. The molecule has 0 unspecified atom stereocenters. The predicted octanol–water partition coefficient (Wildman–Crippen LogP) is 4.28. The molecule has 0 radical (unpaired) electrons. The first-order valence-electron chi connectivity index (χ1n) is 8.57. The van der Waals surface area contributed by atoms with Crippen LogP contribution in [-0.4, -0.2) is 22.2 Å². The van der Waals surface area contributed by atoms with Gasteiger partial charge in [-0.25, -0.2) is 5.43 Å². The van der Waals surface area contributed by atoms with Crippen LogP contribution in [0.5, 0.6) is 5.75 Å². The highest BCUT2D eigenvalue weighted by molar-refractivity contribution is 9.10. The third-order valence-electron chi connectivity index (χ3n) is 4.72. The summed E-state index contributed by atoms with van der Waals surface area (Å²) in [5.41, 5.74) is 7.33. The number of H-pyrrole nitrogens is 1. The molecule has 4 rings (SSSR count). The van der Waals surface area contributed by atoms with E-state index < -0.39 is 0 Å². The van der Waals surface area contributed by atoms with E-state index in [-0.39, 0.29) is 11.7 Å². The first kappa shape index (κ1) is 16.8. The first-order valence-corrected chi connectivity index (χ1v) is 9.36. The number of hydrazone groups is 1. The number of hydrogen-bond donors (Lipinski definition) is 3. The number of halogens is 1. The van der Waals surface area contributed by atoms with E-state index in [1.807, 2.05) is 12.1 Å². The number of rotatable bonds is 3. The van der Waals surface area contributed by atoms with Crippen LogP contribution in [0, 0.1) is 0 Å². The summed E-state index contributed by atoms with van der Waals surface area (Å²) in [7, 11) is 0. The Morgan fingerprint density at radius 3 is 2.92 bits per heavy atom. The number of nitrogens with one attached hydrogen (secondary N) is 2. The lowest BCUT2D eigenvalue weighted by Crippen LogP contribution is -2.17. The van der Waals surface area contributed by atoms with E-state index in [0.717, 1.165) is 28.2 Å². The molecule has 1 aliphatic carbocycles. The maximum Gasteiger partial charge on any atom is 0.271 e. The summed E-state index contributed by atoms with van der Waals surface area (Å²) in [6.07, 6.45) is 5.96. The van der Waals surface area contributed by atoms with Gasteiger partial charge in [0.1, 0.15) is 5.75 Å². The number of nitrogens with zero attached hydrogens (tertiary/aromatic N) is 1. The van der Waals surface area contributed by atoms with Gasteiger partial charge < -0.3 is 10.1 Å². The summed E-state index contributed by atoms with van der Waals surface area (Å²) >= 11 is 3.34. The normalized spacial score (nSPS) is 13.9. The fourth-order valence-corrected chi connectivity index (χ4v) is 3.78. The lowest BCUT2D eigenvalue weighted by atomic mass is 9.95. The quantitative estimate of drug-likeness (QED) is 0.444. The van der Waals surface area contributed by atoms with Crippen LogP contribution in [0.1, 0.15) is 40.0 Å². The van der Waals surface area contributed by atoms with Gasteiger partial charge in [0.25, 0.3) is 5.91 Å². The van der Waals surface area contributed by atoms with Crippen LogP contribution in [0.25, 0.3) is 10.9 Å². The minimum atomic E-state index is -0.275. The minimum Gasteiger partial charge on any atom is -0.507 e. The second kappa shape index (κ2) is 6.96. The number of amides is 1. The van der Waals surface area contributed by atoms with Gasteiger partial charge in [0.05, 0.1) is 6.21 Å². The Kier molecular flexibility index (Phi) is 4.51. The highest BCUT2D eigenvalue weighted by Crippen LogP contribution is 2.29. The molecular weight excluding hydrogens is 394 g/mol. The third-order valence-corrected chi connectivity index (χ3v) is 5.21. The lowest BCUT2D eigenvalue weighted by Gasteiger charge is -2.10. The molecule has 0 saturated heterocycles. The van der Waals surface area contributed by atoms with Crippen molar-refractivity contribution in [2.75, 3.05) is 0 Å². The molecular formula is C20H18BrN3O2. The van der Waals surface area contributed by atoms with E-state index in [4.69, 9.17) is 0 Å². The monoisotopic (exact) mass is 411 g/mol. The first-order chi connectivity index (χ1) is 12.6. The lowest BCUT2D eigenvalue weighted by molar-refractivity contribution is 0.0955. The van der Waals surface area contributed by atoms with Gasteiger partial charge in [-0.05, 0) is 67.6 Å². The highest BCUT2D eigenvalue weighted by Gasteiger charge is 2.16. The van der Waals surface area contributed by atoms with Gasteiger partial charge in [0, 0.05) is 32.2 Å². The van der Waals surface area contributed by atoms with Crippen LogP contribution in [0.2, 0.25) is 0 Å². The van der Waals surface area contributed by atoms with Crippen molar-refractivity contribution < 1.29 is 9.90 Å². The number of aromatic hydroxyl groups is 1. The van der Waals surface area contributed by atoms with Gasteiger partial charge in [-0.15, -0.1) is 0 Å². The van der Waals surface area contributed by atoms with Crippen LogP contribution < -0.4 is 5.43 Å². The fraction of sp³-hybridized carbons (Fsp3) is 0.200. The van der Waals surface area contributed by atoms with E-state index in [2.05, 4.69) is 31.4 Å². The number of carbonyl (C=O) groups is 1. The van der Waals surface area contributed by atoms with Crippen LogP contribution in [0.15, 0.2) is 46.0 Å². The Bertz CT molecular complexity index is 1020. The molecule has 5 nitrogen and oxygen atoms in total. The van der Waals surface area contributed by atoms with Crippen molar-refractivity contribution in [3.8, 4) is 5.75 Å². The summed E-state index contributed by atoms with van der Waals surface area (Å²) in [4.78, 5) is 15.9. The molecule has 6 heteroatoms. The Morgan fingerprint density at radius 2 is 2.04 bits per heavy atom. The number of aryl methyl sites for hydroxylation is 2. The standard InChI is InChI=1S/C20H18BrN3O2/c21-14-6-8-19(25)13(9-14)11-22-24-20(26)12-5-7-18-16(10-12)15-3-1-2-4-17(15)23-18/h5-11,23,25H,1-4H2,(H,24,26)/b22-11-.